The zero-order valence-electron chi connectivity index (χ0n) is 14.2. The van der Waals surface area contributed by atoms with Crippen LogP contribution < -0.4 is 10.2 Å². The largest absolute Gasteiger partial charge is 0.348 e. The summed E-state index contributed by atoms with van der Waals surface area (Å²) in [5.41, 5.74) is 0.237. The van der Waals surface area contributed by atoms with Gasteiger partial charge in [0.05, 0.1) is 17.6 Å². The van der Waals surface area contributed by atoms with Crippen LogP contribution in [0, 0.1) is 17.7 Å². The van der Waals surface area contributed by atoms with Crippen LogP contribution in [0.25, 0.3) is 0 Å². The summed E-state index contributed by atoms with van der Waals surface area (Å²) in [5, 5.41) is 5.05. The molecular formula is C19H21FN2O2S. The lowest BCUT2D eigenvalue weighted by molar-refractivity contribution is -0.127. The normalized spacial score (nSPS) is 18.6. The molecule has 132 valence electrons. The van der Waals surface area contributed by atoms with Crippen molar-refractivity contribution in [2.45, 2.75) is 26.3 Å². The van der Waals surface area contributed by atoms with E-state index in [-0.39, 0.29) is 42.4 Å². The van der Waals surface area contributed by atoms with Crippen molar-refractivity contribution >= 4 is 28.8 Å². The maximum atomic E-state index is 14.0. The number of hydrogen-bond donors (Lipinski definition) is 1. The second-order valence-electron chi connectivity index (χ2n) is 6.60. The standard InChI is InChI=1S/C19H21FN2O2S/c1-12(2)18(16-8-5-9-25-16)21-19(24)13-10-17(23)22(11-13)15-7-4-3-6-14(15)20/h3-9,12-13,18H,10-11H2,1-2H3,(H,21,24)/t13-,18+/m0/s1. The Morgan fingerprint density at radius 2 is 2.04 bits per heavy atom. The highest BCUT2D eigenvalue weighted by molar-refractivity contribution is 7.10. The number of halogens is 1. The molecule has 0 unspecified atom stereocenters. The Kier molecular flexibility index (Phi) is 5.18. The minimum atomic E-state index is -0.465. The molecule has 2 aromatic rings. The van der Waals surface area contributed by atoms with Crippen molar-refractivity contribution in [1.82, 2.24) is 5.32 Å². The molecule has 1 fully saturated rings. The van der Waals surface area contributed by atoms with Gasteiger partial charge in [-0.2, -0.15) is 0 Å². The van der Waals surface area contributed by atoms with Crippen molar-refractivity contribution in [2.24, 2.45) is 11.8 Å². The first-order valence-corrected chi connectivity index (χ1v) is 9.24. The van der Waals surface area contributed by atoms with E-state index in [1.54, 1.807) is 29.5 Å². The van der Waals surface area contributed by atoms with Gasteiger partial charge in [0, 0.05) is 17.8 Å². The van der Waals surface area contributed by atoms with Gasteiger partial charge in [-0.25, -0.2) is 4.39 Å². The van der Waals surface area contributed by atoms with Crippen molar-refractivity contribution < 1.29 is 14.0 Å². The maximum Gasteiger partial charge on any atom is 0.227 e. The Morgan fingerprint density at radius 1 is 1.28 bits per heavy atom. The number of nitrogens with one attached hydrogen (secondary N) is 1. The molecule has 6 heteroatoms. The summed E-state index contributed by atoms with van der Waals surface area (Å²) in [6, 6.07) is 10.0. The minimum Gasteiger partial charge on any atom is -0.348 e. The van der Waals surface area contributed by atoms with E-state index in [1.807, 2.05) is 17.5 Å². The SMILES string of the molecule is CC(C)[C@@H](NC(=O)[C@H]1CC(=O)N(c2ccccc2F)C1)c1cccs1. The maximum absolute atomic E-state index is 14.0. The van der Waals surface area contributed by atoms with E-state index in [1.165, 1.54) is 11.0 Å². The van der Waals surface area contributed by atoms with Crippen molar-refractivity contribution in [1.29, 1.82) is 0 Å². The van der Waals surface area contributed by atoms with Gasteiger partial charge in [-0.15, -0.1) is 11.3 Å². The molecule has 1 aromatic carbocycles. The molecule has 2 amide bonds. The first kappa shape index (κ1) is 17.6. The summed E-state index contributed by atoms with van der Waals surface area (Å²) in [7, 11) is 0. The number of carbonyl (C=O) groups is 2. The van der Waals surface area contributed by atoms with Crippen LogP contribution in [-0.2, 0) is 9.59 Å². The third-order valence-corrected chi connectivity index (χ3v) is 5.41. The number of para-hydroxylation sites is 1. The zero-order chi connectivity index (χ0) is 18.0. The van der Waals surface area contributed by atoms with Gasteiger partial charge in [0.1, 0.15) is 5.82 Å². The monoisotopic (exact) mass is 360 g/mol. The van der Waals surface area contributed by atoms with Gasteiger partial charge < -0.3 is 10.2 Å². The van der Waals surface area contributed by atoms with Gasteiger partial charge >= 0.3 is 0 Å². The van der Waals surface area contributed by atoms with Crippen molar-refractivity contribution in [3.8, 4) is 0 Å². The number of nitrogens with zero attached hydrogens (tertiary/aromatic N) is 1. The molecule has 1 aromatic heterocycles. The van der Waals surface area contributed by atoms with Crippen LogP contribution in [0.3, 0.4) is 0 Å². The van der Waals surface area contributed by atoms with E-state index < -0.39 is 11.7 Å². The summed E-state index contributed by atoms with van der Waals surface area (Å²) < 4.78 is 14.0. The van der Waals surface area contributed by atoms with E-state index in [2.05, 4.69) is 19.2 Å². The summed E-state index contributed by atoms with van der Waals surface area (Å²) in [4.78, 5) is 27.4. The van der Waals surface area contributed by atoms with E-state index in [0.717, 1.165) is 4.88 Å². The number of carbonyl (C=O) groups excluding carboxylic acids is 2. The number of benzene rings is 1. The summed E-state index contributed by atoms with van der Waals surface area (Å²) in [6.45, 7) is 4.31. The molecule has 2 heterocycles. The summed E-state index contributed by atoms with van der Waals surface area (Å²) in [5.74, 6) is -1.05. The molecule has 3 rings (SSSR count). The average Bonchev–Trinajstić information content (AvgIpc) is 3.22. The van der Waals surface area contributed by atoms with Crippen LogP contribution >= 0.6 is 11.3 Å². The fourth-order valence-corrected chi connectivity index (χ4v) is 4.04. The molecule has 0 spiro atoms. The first-order chi connectivity index (χ1) is 12.0. The quantitative estimate of drug-likeness (QED) is 0.883. The number of rotatable bonds is 5. The van der Waals surface area contributed by atoms with Gasteiger partial charge in [-0.3, -0.25) is 9.59 Å². The first-order valence-electron chi connectivity index (χ1n) is 8.36. The molecule has 1 saturated heterocycles. The summed E-state index contributed by atoms with van der Waals surface area (Å²) in [6.07, 6.45) is 0.107. The number of anilines is 1. The highest BCUT2D eigenvalue weighted by Crippen LogP contribution is 2.30. The van der Waals surface area contributed by atoms with Gasteiger partial charge in [0.2, 0.25) is 11.8 Å². The molecule has 1 aliphatic rings. The number of thiophene rings is 1. The smallest absolute Gasteiger partial charge is 0.227 e. The van der Waals surface area contributed by atoms with Crippen LogP contribution in [0.15, 0.2) is 41.8 Å². The lowest BCUT2D eigenvalue weighted by atomic mass is 10.0. The van der Waals surface area contributed by atoms with E-state index in [9.17, 15) is 14.0 Å². The van der Waals surface area contributed by atoms with Crippen molar-refractivity contribution in [3.05, 3.63) is 52.5 Å². The Morgan fingerprint density at radius 3 is 2.68 bits per heavy atom. The fourth-order valence-electron chi connectivity index (χ4n) is 3.09. The van der Waals surface area contributed by atoms with Crippen molar-refractivity contribution in [3.63, 3.8) is 0 Å². The highest BCUT2D eigenvalue weighted by atomic mass is 32.1. The van der Waals surface area contributed by atoms with Crippen LogP contribution in [0.2, 0.25) is 0 Å². The molecule has 0 saturated carbocycles. The molecular weight excluding hydrogens is 339 g/mol. The topological polar surface area (TPSA) is 49.4 Å². The minimum absolute atomic E-state index is 0.0786. The highest BCUT2D eigenvalue weighted by Gasteiger charge is 2.37. The number of amides is 2. The van der Waals surface area contributed by atoms with Crippen LogP contribution in [0.1, 0.15) is 31.2 Å². The molecule has 1 N–H and O–H groups in total. The average molecular weight is 360 g/mol. The van der Waals surface area contributed by atoms with Gasteiger partial charge in [0.25, 0.3) is 0 Å². The van der Waals surface area contributed by atoms with Crippen LogP contribution in [-0.4, -0.2) is 18.4 Å². The number of hydrogen-bond acceptors (Lipinski definition) is 3. The van der Waals surface area contributed by atoms with E-state index in [0.29, 0.717) is 0 Å². The third kappa shape index (κ3) is 3.74. The summed E-state index contributed by atoms with van der Waals surface area (Å²) >= 11 is 1.60. The van der Waals surface area contributed by atoms with Crippen molar-refractivity contribution in [2.75, 3.05) is 11.4 Å². The van der Waals surface area contributed by atoms with Gasteiger partial charge in [-0.05, 0) is 29.5 Å². The molecule has 25 heavy (non-hydrogen) atoms. The Balaban J connectivity index is 1.71. The zero-order valence-corrected chi connectivity index (χ0v) is 15.1. The lowest BCUT2D eigenvalue weighted by Crippen LogP contribution is -2.37. The Labute approximate surface area is 150 Å². The second-order valence-corrected chi connectivity index (χ2v) is 7.58. The molecule has 0 aliphatic carbocycles. The van der Waals surface area contributed by atoms with Gasteiger partial charge in [0.15, 0.2) is 0 Å². The predicted molar refractivity (Wildman–Crippen MR) is 96.9 cm³/mol. The molecule has 4 nitrogen and oxygen atoms in total. The fraction of sp³-hybridized carbons (Fsp3) is 0.368. The third-order valence-electron chi connectivity index (χ3n) is 4.45. The van der Waals surface area contributed by atoms with Crippen LogP contribution in [0.5, 0.6) is 0 Å². The molecule has 1 aliphatic heterocycles. The van der Waals surface area contributed by atoms with E-state index >= 15 is 0 Å². The molecule has 0 radical (unpaired) electrons. The van der Waals surface area contributed by atoms with Gasteiger partial charge in [-0.1, -0.05) is 32.0 Å². The Bertz CT molecular complexity index is 761. The van der Waals surface area contributed by atoms with Crippen LogP contribution in [0.4, 0.5) is 10.1 Å². The Hall–Kier alpha value is -2.21. The van der Waals surface area contributed by atoms with E-state index in [4.69, 9.17) is 0 Å². The predicted octanol–water partition coefficient (Wildman–Crippen LogP) is 3.75. The lowest BCUT2D eigenvalue weighted by Gasteiger charge is -2.23. The molecule has 0 bridgehead atoms. The second kappa shape index (κ2) is 7.35. The molecule has 2 atom stereocenters.